The van der Waals surface area contributed by atoms with Crippen LogP contribution in [0.1, 0.15) is 16.7 Å². The highest BCUT2D eigenvalue weighted by Gasteiger charge is 2.05. The number of nitrogens with one attached hydrogen (secondary N) is 2. The van der Waals surface area contributed by atoms with Gasteiger partial charge in [0.15, 0.2) is 0 Å². The molecule has 3 nitrogen and oxygen atoms in total. The summed E-state index contributed by atoms with van der Waals surface area (Å²) in [6, 6.07) is 13.0. The minimum Gasteiger partial charge on any atom is -0.374 e. The third-order valence-corrected chi connectivity index (χ3v) is 3.54. The maximum atomic E-state index is 13.6. The monoisotopic (exact) mass is 300 g/mol. The van der Waals surface area contributed by atoms with Crippen LogP contribution in [0.4, 0.5) is 10.1 Å². The summed E-state index contributed by atoms with van der Waals surface area (Å²) in [6.07, 6.45) is 0.789. The molecule has 0 aromatic heterocycles. The van der Waals surface area contributed by atoms with Gasteiger partial charge in [0, 0.05) is 6.54 Å². The summed E-state index contributed by atoms with van der Waals surface area (Å²) < 4.78 is 13.6. The van der Waals surface area contributed by atoms with Crippen LogP contribution in [0.5, 0.6) is 0 Å². The number of benzene rings is 2. The van der Waals surface area contributed by atoms with E-state index in [-0.39, 0.29) is 18.3 Å². The lowest BCUT2D eigenvalue weighted by Gasteiger charge is -2.10. The molecule has 2 rings (SSSR count). The maximum absolute atomic E-state index is 13.6. The molecule has 0 aliphatic carbocycles. The summed E-state index contributed by atoms with van der Waals surface area (Å²) in [5.74, 6) is -0.485. The normalized spacial score (nSPS) is 10.3. The molecule has 0 atom stereocenters. The standard InChI is InChI=1S/C18H21FN2O/c1-13-7-8-17(16(19)11-13)21-12-18(22)20-10-9-15-6-4-3-5-14(15)2/h3-8,11,21H,9-10,12H2,1-2H3,(H,20,22). The molecule has 2 aromatic rings. The fraction of sp³-hybridized carbons (Fsp3) is 0.278. The van der Waals surface area contributed by atoms with Crippen LogP contribution in [0, 0.1) is 19.7 Å². The van der Waals surface area contributed by atoms with Crippen molar-refractivity contribution in [2.45, 2.75) is 20.3 Å². The average molecular weight is 300 g/mol. The molecule has 0 saturated heterocycles. The molecule has 4 heteroatoms. The summed E-state index contributed by atoms with van der Waals surface area (Å²) in [4.78, 5) is 11.8. The predicted octanol–water partition coefficient (Wildman–Crippen LogP) is 3.21. The van der Waals surface area contributed by atoms with Gasteiger partial charge in [0.1, 0.15) is 5.82 Å². The first-order chi connectivity index (χ1) is 10.6. The first-order valence-corrected chi connectivity index (χ1v) is 7.37. The number of anilines is 1. The van der Waals surface area contributed by atoms with E-state index in [1.807, 2.05) is 25.1 Å². The molecule has 0 heterocycles. The predicted molar refractivity (Wildman–Crippen MR) is 87.5 cm³/mol. The maximum Gasteiger partial charge on any atom is 0.239 e. The van der Waals surface area contributed by atoms with E-state index < -0.39 is 0 Å². The van der Waals surface area contributed by atoms with Gasteiger partial charge in [-0.3, -0.25) is 4.79 Å². The number of rotatable bonds is 6. The van der Waals surface area contributed by atoms with Crippen molar-refractivity contribution in [1.29, 1.82) is 0 Å². The molecular formula is C18H21FN2O. The molecule has 116 valence electrons. The van der Waals surface area contributed by atoms with Gasteiger partial charge in [-0.1, -0.05) is 30.3 Å². The van der Waals surface area contributed by atoms with E-state index >= 15 is 0 Å². The zero-order valence-electron chi connectivity index (χ0n) is 12.9. The third kappa shape index (κ3) is 4.58. The second-order valence-corrected chi connectivity index (χ2v) is 5.36. The van der Waals surface area contributed by atoms with Gasteiger partial charge in [0.2, 0.25) is 5.91 Å². The molecular weight excluding hydrogens is 279 g/mol. The van der Waals surface area contributed by atoms with Crippen molar-refractivity contribution in [2.24, 2.45) is 0 Å². The minimum atomic E-state index is -0.340. The molecule has 2 N–H and O–H groups in total. The zero-order chi connectivity index (χ0) is 15.9. The van der Waals surface area contributed by atoms with Gasteiger partial charge < -0.3 is 10.6 Å². The summed E-state index contributed by atoms with van der Waals surface area (Å²) in [7, 11) is 0. The summed E-state index contributed by atoms with van der Waals surface area (Å²) >= 11 is 0. The second-order valence-electron chi connectivity index (χ2n) is 5.36. The number of aryl methyl sites for hydroxylation is 2. The van der Waals surface area contributed by atoms with E-state index in [0.717, 1.165) is 12.0 Å². The van der Waals surface area contributed by atoms with Crippen LogP contribution in [0.15, 0.2) is 42.5 Å². The number of hydrogen-bond acceptors (Lipinski definition) is 2. The Labute approximate surface area is 130 Å². The van der Waals surface area contributed by atoms with E-state index in [9.17, 15) is 9.18 Å². The van der Waals surface area contributed by atoms with Gasteiger partial charge in [-0.2, -0.15) is 0 Å². The number of carbonyl (C=O) groups is 1. The fourth-order valence-electron chi connectivity index (χ4n) is 2.23. The Morgan fingerprint density at radius 2 is 1.91 bits per heavy atom. The topological polar surface area (TPSA) is 41.1 Å². The zero-order valence-corrected chi connectivity index (χ0v) is 12.9. The van der Waals surface area contributed by atoms with Crippen LogP contribution in [0.25, 0.3) is 0 Å². The van der Waals surface area contributed by atoms with Crippen molar-refractivity contribution in [2.75, 3.05) is 18.4 Å². The number of amides is 1. The summed E-state index contributed by atoms with van der Waals surface area (Å²) in [5.41, 5.74) is 3.64. The highest BCUT2D eigenvalue weighted by molar-refractivity contribution is 5.80. The Balaban J connectivity index is 1.75. The lowest BCUT2D eigenvalue weighted by atomic mass is 10.1. The second kappa shape index (κ2) is 7.59. The number of halogens is 1. The quantitative estimate of drug-likeness (QED) is 0.860. The lowest BCUT2D eigenvalue weighted by molar-refractivity contribution is -0.119. The molecule has 0 radical (unpaired) electrons. The van der Waals surface area contributed by atoms with Crippen molar-refractivity contribution in [1.82, 2.24) is 5.32 Å². The number of carbonyl (C=O) groups excluding carboxylic acids is 1. The van der Waals surface area contributed by atoms with Crippen LogP contribution in [0.3, 0.4) is 0 Å². The van der Waals surface area contributed by atoms with E-state index in [1.54, 1.807) is 6.07 Å². The largest absolute Gasteiger partial charge is 0.374 e. The Kier molecular flexibility index (Phi) is 5.53. The van der Waals surface area contributed by atoms with Gasteiger partial charge in [-0.05, 0) is 49.1 Å². The molecule has 0 bridgehead atoms. The van der Waals surface area contributed by atoms with Crippen molar-refractivity contribution in [3.05, 3.63) is 65.0 Å². The van der Waals surface area contributed by atoms with Gasteiger partial charge in [-0.25, -0.2) is 4.39 Å². The van der Waals surface area contributed by atoms with Crippen LogP contribution >= 0.6 is 0 Å². The Morgan fingerprint density at radius 1 is 1.14 bits per heavy atom. The summed E-state index contributed by atoms with van der Waals surface area (Å²) in [5, 5.41) is 5.65. The fourth-order valence-corrected chi connectivity index (χ4v) is 2.23. The van der Waals surface area contributed by atoms with Crippen molar-refractivity contribution >= 4 is 11.6 Å². The molecule has 1 amide bonds. The molecule has 2 aromatic carbocycles. The molecule has 22 heavy (non-hydrogen) atoms. The highest BCUT2D eigenvalue weighted by atomic mass is 19.1. The van der Waals surface area contributed by atoms with Crippen LogP contribution in [0.2, 0.25) is 0 Å². The van der Waals surface area contributed by atoms with Gasteiger partial charge in [0.05, 0.1) is 12.2 Å². The van der Waals surface area contributed by atoms with Gasteiger partial charge in [-0.15, -0.1) is 0 Å². The Morgan fingerprint density at radius 3 is 2.64 bits per heavy atom. The first-order valence-electron chi connectivity index (χ1n) is 7.37. The van der Waals surface area contributed by atoms with E-state index in [0.29, 0.717) is 12.2 Å². The van der Waals surface area contributed by atoms with Gasteiger partial charge >= 0.3 is 0 Å². The Hall–Kier alpha value is -2.36. The molecule has 0 aliphatic heterocycles. The van der Waals surface area contributed by atoms with Crippen molar-refractivity contribution in [3.63, 3.8) is 0 Å². The smallest absolute Gasteiger partial charge is 0.239 e. The lowest BCUT2D eigenvalue weighted by Crippen LogP contribution is -2.31. The van der Waals surface area contributed by atoms with E-state index in [2.05, 4.69) is 29.7 Å². The van der Waals surface area contributed by atoms with Crippen LogP contribution < -0.4 is 10.6 Å². The van der Waals surface area contributed by atoms with E-state index in [1.165, 1.54) is 17.2 Å². The number of hydrogen-bond donors (Lipinski definition) is 2. The van der Waals surface area contributed by atoms with Crippen LogP contribution in [-0.4, -0.2) is 19.0 Å². The molecule has 0 spiro atoms. The molecule has 0 fully saturated rings. The SMILES string of the molecule is Cc1ccc(NCC(=O)NCCc2ccccc2C)c(F)c1. The molecule has 0 saturated carbocycles. The van der Waals surface area contributed by atoms with E-state index in [4.69, 9.17) is 0 Å². The molecule has 0 unspecified atom stereocenters. The average Bonchev–Trinajstić information content (AvgIpc) is 2.48. The molecule has 0 aliphatic rings. The Bertz CT molecular complexity index is 655. The van der Waals surface area contributed by atoms with Crippen molar-refractivity contribution < 1.29 is 9.18 Å². The third-order valence-electron chi connectivity index (χ3n) is 3.54. The first kappa shape index (κ1) is 16.0. The minimum absolute atomic E-state index is 0.0632. The summed E-state index contributed by atoms with van der Waals surface area (Å²) in [6.45, 7) is 4.51. The van der Waals surface area contributed by atoms with Crippen LogP contribution in [-0.2, 0) is 11.2 Å². The van der Waals surface area contributed by atoms with Gasteiger partial charge in [0.25, 0.3) is 0 Å². The highest BCUT2D eigenvalue weighted by Crippen LogP contribution is 2.14. The van der Waals surface area contributed by atoms with Crippen molar-refractivity contribution in [3.8, 4) is 0 Å².